The van der Waals surface area contributed by atoms with Crippen molar-refractivity contribution < 1.29 is 9.26 Å². The van der Waals surface area contributed by atoms with E-state index >= 15 is 0 Å². The van der Waals surface area contributed by atoms with Gasteiger partial charge in [-0.2, -0.15) is 4.98 Å². The molecule has 5 rings (SSSR count). The zero-order valence-corrected chi connectivity index (χ0v) is 20.4. The second-order valence-corrected chi connectivity index (χ2v) is 9.03. The number of aromatic nitrogens is 5. The molecule has 0 spiro atoms. The number of nitrogens with zero attached hydrogens (tertiary/aromatic N) is 5. The van der Waals surface area contributed by atoms with Crippen molar-refractivity contribution in [3.63, 3.8) is 0 Å². The zero-order chi connectivity index (χ0) is 24.0. The van der Waals surface area contributed by atoms with E-state index in [1.165, 1.54) is 22.9 Å². The van der Waals surface area contributed by atoms with Crippen LogP contribution in [0, 0.1) is 6.92 Å². The van der Waals surface area contributed by atoms with E-state index in [4.69, 9.17) is 9.26 Å². The molecule has 0 aliphatic rings. The molecule has 0 N–H and O–H groups in total. The van der Waals surface area contributed by atoms with E-state index in [2.05, 4.69) is 56.1 Å². The van der Waals surface area contributed by atoms with Crippen LogP contribution in [0.25, 0.3) is 17.1 Å². The van der Waals surface area contributed by atoms with Crippen LogP contribution in [0.15, 0.2) is 88.5 Å². The molecule has 0 bridgehead atoms. The first kappa shape index (κ1) is 22.9. The highest BCUT2D eigenvalue weighted by atomic mass is 32.2. The quantitative estimate of drug-likeness (QED) is 0.248. The van der Waals surface area contributed by atoms with Gasteiger partial charge in [0, 0.05) is 17.7 Å². The van der Waals surface area contributed by atoms with Gasteiger partial charge in [-0.05, 0) is 43.2 Å². The van der Waals surface area contributed by atoms with Gasteiger partial charge in [0.1, 0.15) is 11.6 Å². The summed E-state index contributed by atoms with van der Waals surface area (Å²) in [6, 6.07) is 26.4. The van der Waals surface area contributed by atoms with Gasteiger partial charge in [-0.1, -0.05) is 77.1 Å². The van der Waals surface area contributed by atoms with Crippen molar-refractivity contribution in [2.24, 2.45) is 0 Å². The number of hydrogen-bond donors (Lipinski definition) is 0. The van der Waals surface area contributed by atoms with Gasteiger partial charge >= 0.3 is 0 Å². The fourth-order valence-corrected chi connectivity index (χ4v) is 4.52. The lowest BCUT2D eigenvalue weighted by Crippen LogP contribution is -2.05. The Morgan fingerprint density at radius 1 is 0.886 bits per heavy atom. The molecule has 0 aliphatic carbocycles. The highest BCUT2D eigenvalue weighted by Crippen LogP contribution is 2.27. The Morgan fingerprint density at radius 2 is 1.66 bits per heavy atom. The van der Waals surface area contributed by atoms with Crippen molar-refractivity contribution in [2.75, 3.05) is 7.11 Å². The molecular formula is C27H25N5O2S. The fourth-order valence-electron chi connectivity index (χ4n) is 3.71. The molecule has 0 saturated carbocycles. The van der Waals surface area contributed by atoms with Crippen molar-refractivity contribution in [2.45, 2.75) is 30.7 Å². The summed E-state index contributed by atoms with van der Waals surface area (Å²) in [5.41, 5.74) is 4.36. The van der Waals surface area contributed by atoms with Gasteiger partial charge in [-0.15, -0.1) is 10.2 Å². The first-order valence-electron chi connectivity index (χ1n) is 11.3. The van der Waals surface area contributed by atoms with E-state index < -0.39 is 0 Å². The average molecular weight is 484 g/mol. The maximum atomic E-state index is 5.50. The maximum Gasteiger partial charge on any atom is 0.237 e. The van der Waals surface area contributed by atoms with Crippen LogP contribution in [0.2, 0.25) is 0 Å². The number of benzene rings is 3. The zero-order valence-electron chi connectivity index (χ0n) is 19.6. The summed E-state index contributed by atoms with van der Waals surface area (Å²) in [6.07, 6.45) is 1.64. The Hall–Kier alpha value is -3.91. The fraction of sp³-hybridized carbons (Fsp3) is 0.185. The molecule has 0 fully saturated rings. The van der Waals surface area contributed by atoms with Gasteiger partial charge in [0.2, 0.25) is 11.7 Å². The van der Waals surface area contributed by atoms with Crippen LogP contribution in [0.3, 0.4) is 0 Å². The van der Waals surface area contributed by atoms with Crippen LogP contribution >= 0.6 is 11.8 Å². The normalized spacial score (nSPS) is 11.0. The molecule has 8 heteroatoms. The van der Waals surface area contributed by atoms with Crippen molar-refractivity contribution in [1.29, 1.82) is 0 Å². The van der Waals surface area contributed by atoms with Gasteiger partial charge in [-0.3, -0.25) is 4.57 Å². The average Bonchev–Trinajstić information content (AvgIpc) is 3.54. The molecule has 0 aliphatic heterocycles. The van der Waals surface area contributed by atoms with Crippen LogP contribution < -0.4 is 4.74 Å². The molecule has 0 radical (unpaired) electrons. The maximum absolute atomic E-state index is 5.50. The minimum Gasteiger partial charge on any atom is -0.497 e. The van der Waals surface area contributed by atoms with Gasteiger partial charge in [0.25, 0.3) is 0 Å². The van der Waals surface area contributed by atoms with E-state index in [-0.39, 0.29) is 0 Å². The van der Waals surface area contributed by atoms with Crippen LogP contribution in [-0.4, -0.2) is 32.0 Å². The molecule has 7 nitrogen and oxygen atoms in total. The van der Waals surface area contributed by atoms with Crippen molar-refractivity contribution in [3.05, 3.63) is 102 Å². The Labute approximate surface area is 208 Å². The lowest BCUT2D eigenvalue weighted by Gasteiger charge is -2.11. The Balaban J connectivity index is 1.36. The number of aryl methyl sites for hydroxylation is 3. The number of hydrogen-bond acceptors (Lipinski definition) is 7. The third kappa shape index (κ3) is 5.44. The first-order chi connectivity index (χ1) is 17.2. The van der Waals surface area contributed by atoms with Crippen LogP contribution in [0.5, 0.6) is 5.75 Å². The summed E-state index contributed by atoms with van der Waals surface area (Å²) in [5.74, 6) is 3.32. The molecule has 5 aromatic rings. The lowest BCUT2D eigenvalue weighted by molar-refractivity contribution is 0.391. The number of thioether (sulfide) groups is 1. The molecule has 0 saturated heterocycles. The van der Waals surface area contributed by atoms with Crippen LogP contribution in [-0.2, 0) is 18.6 Å². The second kappa shape index (κ2) is 10.6. The molecular weight excluding hydrogens is 458 g/mol. The predicted molar refractivity (Wildman–Crippen MR) is 136 cm³/mol. The van der Waals surface area contributed by atoms with Gasteiger partial charge in [0.15, 0.2) is 5.16 Å². The van der Waals surface area contributed by atoms with E-state index in [0.717, 1.165) is 40.8 Å². The Bertz CT molecular complexity index is 1380. The summed E-state index contributed by atoms with van der Waals surface area (Å²) in [4.78, 5) is 4.56. The van der Waals surface area contributed by atoms with Crippen molar-refractivity contribution in [1.82, 2.24) is 24.9 Å². The monoisotopic (exact) mass is 483 g/mol. The topological polar surface area (TPSA) is 78.9 Å². The lowest BCUT2D eigenvalue weighted by atomic mass is 10.1. The molecule has 0 amide bonds. The van der Waals surface area contributed by atoms with Crippen molar-refractivity contribution >= 4 is 11.8 Å². The Kier molecular flexibility index (Phi) is 6.90. The molecule has 2 aromatic heterocycles. The highest BCUT2D eigenvalue weighted by Gasteiger charge is 2.17. The SMILES string of the molecule is COc1ccc(-n2c(CCc3ccccc3)nnc2SCc2nc(-c3ccc(C)cc3)no2)cc1. The molecule has 176 valence electrons. The molecule has 0 unspecified atom stereocenters. The number of methoxy groups -OCH3 is 1. The largest absolute Gasteiger partial charge is 0.497 e. The number of ether oxygens (including phenoxy) is 1. The van der Waals surface area contributed by atoms with E-state index in [9.17, 15) is 0 Å². The summed E-state index contributed by atoms with van der Waals surface area (Å²) in [5, 5.41) is 13.9. The van der Waals surface area contributed by atoms with Crippen LogP contribution in [0.4, 0.5) is 0 Å². The minimum absolute atomic E-state index is 0.492. The standard InChI is InChI=1S/C27H25N5O2S/c1-19-8-11-21(12-9-19)26-28-25(34-31-26)18-35-27-30-29-24(17-10-20-6-4-3-5-7-20)32(27)22-13-15-23(33-2)16-14-22/h3-9,11-16H,10,17-18H2,1-2H3. The van der Waals surface area contributed by atoms with Crippen LogP contribution in [0.1, 0.15) is 22.8 Å². The number of rotatable bonds is 9. The second-order valence-electron chi connectivity index (χ2n) is 8.08. The summed E-state index contributed by atoms with van der Waals surface area (Å²) < 4.78 is 12.9. The smallest absolute Gasteiger partial charge is 0.237 e. The van der Waals surface area contributed by atoms with Gasteiger partial charge < -0.3 is 9.26 Å². The summed E-state index contributed by atoms with van der Waals surface area (Å²) in [7, 11) is 1.66. The van der Waals surface area contributed by atoms with E-state index in [1.54, 1.807) is 7.11 Å². The highest BCUT2D eigenvalue weighted by molar-refractivity contribution is 7.98. The molecule has 3 aromatic carbocycles. The Morgan fingerprint density at radius 3 is 2.40 bits per heavy atom. The third-order valence-corrected chi connectivity index (χ3v) is 6.53. The molecule has 0 atom stereocenters. The van der Waals surface area contributed by atoms with Gasteiger partial charge in [0.05, 0.1) is 12.9 Å². The third-order valence-electron chi connectivity index (χ3n) is 5.61. The van der Waals surface area contributed by atoms with Crippen molar-refractivity contribution in [3.8, 4) is 22.8 Å². The predicted octanol–water partition coefficient (Wildman–Crippen LogP) is 5.71. The first-order valence-corrected chi connectivity index (χ1v) is 12.3. The molecule has 2 heterocycles. The van der Waals surface area contributed by atoms with E-state index in [0.29, 0.717) is 17.5 Å². The van der Waals surface area contributed by atoms with Gasteiger partial charge in [-0.25, -0.2) is 0 Å². The summed E-state index contributed by atoms with van der Waals surface area (Å²) in [6.45, 7) is 2.05. The summed E-state index contributed by atoms with van der Waals surface area (Å²) >= 11 is 1.52. The minimum atomic E-state index is 0.492. The molecule has 35 heavy (non-hydrogen) atoms. The van der Waals surface area contributed by atoms with E-state index in [1.807, 2.05) is 54.6 Å².